The maximum atomic E-state index is 11.2. The molecule has 1 aliphatic rings. The van der Waals surface area contributed by atoms with Crippen molar-refractivity contribution < 1.29 is 31.7 Å². The van der Waals surface area contributed by atoms with Gasteiger partial charge in [-0.1, -0.05) is 41.5 Å². The first-order valence-electron chi connectivity index (χ1n) is 12.8. The van der Waals surface area contributed by atoms with Crippen LogP contribution in [0.2, 0.25) is 10.0 Å². The summed E-state index contributed by atoms with van der Waals surface area (Å²) < 4.78 is 53.9. The van der Waals surface area contributed by atoms with Gasteiger partial charge in [0.05, 0.1) is 35.8 Å². The Bertz CT molecular complexity index is 1510. The highest BCUT2D eigenvalue weighted by Gasteiger charge is 2.27. The second kappa shape index (κ2) is 14.1. The highest BCUT2D eigenvalue weighted by atomic mass is 35.5. The number of aromatic nitrogens is 1. The number of nitrogens with zero attached hydrogens (tertiary/aromatic N) is 2. The maximum absolute atomic E-state index is 11.2. The molecular weight excluding hydrogens is 597 g/mol. The molecule has 0 unspecified atom stereocenters. The molecule has 4 rings (SSSR count). The Morgan fingerprint density at radius 3 is 2.65 bits per heavy atom. The summed E-state index contributed by atoms with van der Waals surface area (Å²) in [5.74, 6) is 0.680. The fourth-order valence-corrected chi connectivity index (χ4v) is 6.21. The van der Waals surface area contributed by atoms with Crippen LogP contribution in [-0.4, -0.2) is 51.8 Å². The van der Waals surface area contributed by atoms with E-state index in [9.17, 15) is 13.0 Å². The third-order valence-electron chi connectivity index (χ3n) is 6.14. The van der Waals surface area contributed by atoms with E-state index in [-0.39, 0.29) is 19.7 Å². The van der Waals surface area contributed by atoms with Crippen molar-refractivity contribution in [3.63, 3.8) is 0 Å². The largest absolute Gasteiger partial charge is 0.748 e. The van der Waals surface area contributed by atoms with Crippen LogP contribution in [0.1, 0.15) is 24.8 Å². The predicted molar refractivity (Wildman–Crippen MR) is 158 cm³/mol. The van der Waals surface area contributed by atoms with E-state index >= 15 is 0 Å². The van der Waals surface area contributed by atoms with Crippen molar-refractivity contribution in [3.8, 4) is 5.75 Å². The predicted octanol–water partition coefficient (Wildman–Crippen LogP) is 4.91. The summed E-state index contributed by atoms with van der Waals surface area (Å²) >= 11 is 14.2. The quantitative estimate of drug-likeness (QED) is 0.116. The van der Waals surface area contributed by atoms with E-state index in [0.717, 1.165) is 26.5 Å². The van der Waals surface area contributed by atoms with Crippen LogP contribution in [0, 0.1) is 0 Å². The minimum atomic E-state index is -4.33. The summed E-state index contributed by atoms with van der Waals surface area (Å²) in [5.41, 5.74) is 8.07. The summed E-state index contributed by atoms with van der Waals surface area (Å²) in [6.07, 6.45) is 4.89. The zero-order chi connectivity index (χ0) is 28.7. The molecule has 216 valence electrons. The average molecular weight is 629 g/mol. The van der Waals surface area contributed by atoms with E-state index < -0.39 is 15.9 Å². The summed E-state index contributed by atoms with van der Waals surface area (Å²) in [4.78, 5) is 1.85. The van der Waals surface area contributed by atoms with Gasteiger partial charge < -0.3 is 29.4 Å². The van der Waals surface area contributed by atoms with Gasteiger partial charge >= 0.3 is 0 Å². The van der Waals surface area contributed by atoms with Crippen LogP contribution in [0.15, 0.2) is 53.9 Å². The monoisotopic (exact) mass is 627 g/mol. The van der Waals surface area contributed by atoms with Crippen molar-refractivity contribution >= 4 is 66.6 Å². The SMILES string of the molecule is CCC(=Cc1sc2ccc(Cl)cc2[n+]1CCOCCOCN)C=C1Oc2ccc(Cl)cc2N1CCCS(=O)(=O)[O-]. The van der Waals surface area contributed by atoms with Crippen molar-refractivity contribution in [1.29, 1.82) is 0 Å². The minimum absolute atomic E-state index is 0.150. The van der Waals surface area contributed by atoms with E-state index in [0.29, 0.717) is 54.5 Å². The second-order valence-corrected chi connectivity index (χ2v) is 12.4. The number of rotatable bonds is 14. The molecule has 0 radical (unpaired) electrons. The molecule has 13 heteroatoms. The summed E-state index contributed by atoms with van der Waals surface area (Å²) in [5, 5.41) is 2.18. The lowest BCUT2D eigenvalue weighted by molar-refractivity contribution is -0.670. The van der Waals surface area contributed by atoms with Gasteiger partial charge in [-0.2, -0.15) is 4.57 Å². The summed E-state index contributed by atoms with van der Waals surface area (Å²) in [7, 11) is -4.33. The van der Waals surface area contributed by atoms with Crippen molar-refractivity contribution in [1.82, 2.24) is 0 Å². The maximum Gasteiger partial charge on any atom is 0.263 e. The van der Waals surface area contributed by atoms with Crippen LogP contribution in [-0.2, 0) is 26.1 Å². The van der Waals surface area contributed by atoms with Crippen LogP contribution in [0.5, 0.6) is 5.75 Å². The molecule has 40 heavy (non-hydrogen) atoms. The highest BCUT2D eigenvalue weighted by Crippen LogP contribution is 2.41. The van der Waals surface area contributed by atoms with Gasteiger partial charge in [0.25, 0.3) is 5.01 Å². The Balaban J connectivity index is 1.64. The molecule has 0 spiro atoms. The van der Waals surface area contributed by atoms with E-state index in [1.54, 1.807) is 29.5 Å². The molecule has 2 heterocycles. The molecule has 2 N–H and O–H groups in total. The Kier molecular flexibility index (Phi) is 10.8. The number of fused-ring (bicyclic) bond motifs is 2. The molecule has 1 aromatic heterocycles. The van der Waals surface area contributed by atoms with E-state index in [2.05, 4.69) is 10.6 Å². The number of hydrogen-bond acceptors (Lipinski definition) is 9. The van der Waals surface area contributed by atoms with Crippen molar-refractivity contribution in [3.05, 3.63) is 69.0 Å². The fraction of sp³-hybridized carbons (Fsp3) is 0.370. The van der Waals surface area contributed by atoms with E-state index in [1.165, 1.54) is 0 Å². The number of anilines is 1. The Labute approximate surface area is 248 Å². The molecule has 0 saturated heterocycles. The normalized spacial score (nSPS) is 14.8. The third-order valence-corrected chi connectivity index (χ3v) is 8.51. The lowest BCUT2D eigenvalue weighted by Gasteiger charge is -2.19. The van der Waals surface area contributed by atoms with Crippen LogP contribution in [0.3, 0.4) is 0 Å². The number of thiazole rings is 1. The van der Waals surface area contributed by atoms with Gasteiger partial charge in [-0.3, -0.25) is 0 Å². The van der Waals surface area contributed by atoms with Gasteiger partial charge in [0.15, 0.2) is 12.3 Å². The number of nitrogens with two attached hydrogens (primary N) is 1. The molecule has 3 aromatic rings. The fourth-order valence-electron chi connectivity index (χ4n) is 4.25. The highest BCUT2D eigenvalue weighted by molar-refractivity contribution is 7.85. The Morgan fingerprint density at radius 1 is 1.15 bits per heavy atom. The van der Waals surface area contributed by atoms with Crippen molar-refractivity contribution in [2.45, 2.75) is 26.3 Å². The minimum Gasteiger partial charge on any atom is -0.748 e. The first-order valence-corrected chi connectivity index (χ1v) is 15.9. The van der Waals surface area contributed by atoms with Crippen LogP contribution >= 0.6 is 34.5 Å². The lowest BCUT2D eigenvalue weighted by atomic mass is 10.2. The Morgan fingerprint density at radius 2 is 1.90 bits per heavy atom. The topological polar surface area (TPSA) is 118 Å². The smallest absolute Gasteiger partial charge is 0.263 e. The van der Waals surface area contributed by atoms with E-state index in [4.69, 9.17) is 43.1 Å². The lowest BCUT2D eigenvalue weighted by Crippen LogP contribution is -2.37. The average Bonchev–Trinajstić information content (AvgIpc) is 3.41. The number of hydrogen-bond donors (Lipinski definition) is 1. The third kappa shape index (κ3) is 8.17. The molecule has 0 bridgehead atoms. The molecule has 0 atom stereocenters. The first-order chi connectivity index (χ1) is 19.2. The molecule has 0 amide bonds. The number of allylic oxidation sites excluding steroid dienone is 2. The van der Waals surface area contributed by atoms with Gasteiger partial charge in [-0.05, 0) is 48.7 Å². The molecule has 0 fully saturated rings. The number of halogens is 2. The van der Waals surface area contributed by atoms with Crippen LogP contribution < -0.4 is 19.9 Å². The standard InChI is InChI=1S/C27H31Cl2N3O6S2/c1-2-19(14-26-31(8-3-13-40(33,34)35)22-16-20(28)4-6-24(22)38-26)15-27-32(9-10-36-11-12-37-18-30)23-17-21(29)5-7-25(23)39-27/h4-7,14-17H,2-3,8-13,18,30H2,1H3. The second-order valence-electron chi connectivity index (χ2n) is 8.93. The molecule has 1 aliphatic heterocycles. The van der Waals surface area contributed by atoms with E-state index in [1.807, 2.05) is 36.1 Å². The molecule has 2 aromatic carbocycles. The van der Waals surface area contributed by atoms with Gasteiger partial charge in [0, 0.05) is 40.6 Å². The van der Waals surface area contributed by atoms with Crippen molar-refractivity contribution in [2.75, 3.05) is 43.7 Å². The zero-order valence-electron chi connectivity index (χ0n) is 22.0. The van der Waals surface area contributed by atoms with Gasteiger partial charge in [0.2, 0.25) is 11.4 Å². The summed E-state index contributed by atoms with van der Waals surface area (Å²) in [6.45, 7) is 4.46. The van der Waals surface area contributed by atoms with Gasteiger partial charge in [-0.15, -0.1) is 0 Å². The number of ether oxygens (including phenoxy) is 3. The van der Waals surface area contributed by atoms with Crippen molar-refractivity contribution in [2.24, 2.45) is 5.73 Å². The summed E-state index contributed by atoms with van der Waals surface area (Å²) in [6, 6.07) is 11.1. The van der Waals surface area contributed by atoms with Crippen LogP contribution in [0.4, 0.5) is 5.69 Å². The molecular formula is C27H31Cl2N3O6S2. The molecule has 0 aliphatic carbocycles. The Hall–Kier alpha value is -2.22. The van der Waals surface area contributed by atoms with Crippen LogP contribution in [0.25, 0.3) is 16.3 Å². The molecule has 0 saturated carbocycles. The van der Waals surface area contributed by atoms with Gasteiger partial charge in [-0.25, -0.2) is 8.42 Å². The zero-order valence-corrected chi connectivity index (χ0v) is 25.1. The van der Waals surface area contributed by atoms with Gasteiger partial charge in [0.1, 0.15) is 11.3 Å². The molecule has 9 nitrogen and oxygen atoms in total. The first kappa shape index (κ1) is 30.7. The number of benzene rings is 2.